The van der Waals surface area contributed by atoms with Gasteiger partial charge < -0.3 is 14.8 Å². The van der Waals surface area contributed by atoms with Crippen LogP contribution in [-0.2, 0) is 11.8 Å². The van der Waals surface area contributed by atoms with Crippen molar-refractivity contribution < 1.29 is 9.47 Å². The molecule has 1 heterocycles. The molecule has 1 aromatic heterocycles. The van der Waals surface area contributed by atoms with Crippen molar-refractivity contribution in [3.8, 4) is 5.75 Å². The van der Waals surface area contributed by atoms with E-state index in [1.54, 1.807) is 13.3 Å². The van der Waals surface area contributed by atoms with Gasteiger partial charge in [0.2, 0.25) is 0 Å². The number of nitrogens with one attached hydrogen (secondary N) is 1. The molecule has 5 heteroatoms. The van der Waals surface area contributed by atoms with E-state index < -0.39 is 0 Å². The average Bonchev–Trinajstić information content (AvgIpc) is 2.72. The number of hydrogen-bond acceptors (Lipinski definition) is 4. The minimum atomic E-state index is -0.287. The molecule has 18 heavy (non-hydrogen) atoms. The Labute approximate surface area is 109 Å². The van der Waals surface area contributed by atoms with Gasteiger partial charge in [-0.2, -0.15) is 5.10 Å². The van der Waals surface area contributed by atoms with E-state index in [9.17, 15) is 0 Å². The molecule has 2 atom stereocenters. The van der Waals surface area contributed by atoms with E-state index in [4.69, 9.17) is 9.47 Å². The van der Waals surface area contributed by atoms with Crippen LogP contribution in [0.3, 0.4) is 0 Å². The highest BCUT2D eigenvalue weighted by molar-refractivity contribution is 5.30. The number of rotatable bonds is 7. The molecular formula is C13H25N3O2. The predicted octanol–water partition coefficient (Wildman–Crippen LogP) is 1.89. The number of methoxy groups -OCH3 is 1. The SMILES string of the molecule is CCOC(C)(CC)C(NC)c1c(OC)cnn1C. The molecule has 0 aliphatic rings. The Hall–Kier alpha value is -1.07. The van der Waals surface area contributed by atoms with Gasteiger partial charge in [-0.3, -0.25) is 4.68 Å². The topological polar surface area (TPSA) is 48.3 Å². The summed E-state index contributed by atoms with van der Waals surface area (Å²) in [5.74, 6) is 0.788. The average molecular weight is 255 g/mol. The van der Waals surface area contributed by atoms with E-state index in [-0.39, 0.29) is 11.6 Å². The van der Waals surface area contributed by atoms with Crippen LogP contribution in [-0.4, -0.2) is 36.1 Å². The molecule has 1 aromatic rings. The van der Waals surface area contributed by atoms with Gasteiger partial charge in [-0.1, -0.05) is 6.92 Å². The Kier molecular flexibility index (Phi) is 5.16. The standard InChI is InChI=1S/C13H25N3O2/c1-7-13(3,18-8-2)12(14-4)11-10(17-6)9-15-16(11)5/h9,12,14H,7-8H2,1-6H3. The molecule has 0 bridgehead atoms. The highest BCUT2D eigenvalue weighted by Gasteiger charge is 2.37. The monoisotopic (exact) mass is 255 g/mol. The van der Waals surface area contributed by atoms with Gasteiger partial charge in [0.15, 0.2) is 5.75 Å². The van der Waals surface area contributed by atoms with Crippen molar-refractivity contribution in [2.45, 2.75) is 38.8 Å². The third-order valence-electron chi connectivity index (χ3n) is 3.52. The van der Waals surface area contributed by atoms with E-state index in [1.807, 2.05) is 25.7 Å². The molecule has 1 N–H and O–H groups in total. The second-order valence-electron chi connectivity index (χ2n) is 4.54. The van der Waals surface area contributed by atoms with Gasteiger partial charge in [0.25, 0.3) is 0 Å². The molecule has 0 radical (unpaired) electrons. The molecule has 0 amide bonds. The van der Waals surface area contributed by atoms with Crippen molar-refractivity contribution >= 4 is 0 Å². The fourth-order valence-electron chi connectivity index (χ4n) is 2.36. The molecule has 0 saturated carbocycles. The smallest absolute Gasteiger partial charge is 0.161 e. The minimum absolute atomic E-state index is 0.0323. The third-order valence-corrected chi connectivity index (χ3v) is 3.52. The summed E-state index contributed by atoms with van der Waals surface area (Å²) >= 11 is 0. The van der Waals surface area contributed by atoms with Crippen molar-refractivity contribution in [1.82, 2.24) is 15.1 Å². The Balaban J connectivity index is 3.18. The summed E-state index contributed by atoms with van der Waals surface area (Å²) in [5.41, 5.74) is 0.725. The van der Waals surface area contributed by atoms with Crippen molar-refractivity contribution in [2.75, 3.05) is 20.8 Å². The summed E-state index contributed by atoms with van der Waals surface area (Å²) in [6.07, 6.45) is 2.64. The van der Waals surface area contributed by atoms with Crippen LogP contribution in [0.4, 0.5) is 0 Å². The van der Waals surface area contributed by atoms with Crippen LogP contribution < -0.4 is 10.1 Å². The quantitative estimate of drug-likeness (QED) is 0.808. The molecule has 1 rings (SSSR count). The van der Waals surface area contributed by atoms with Crippen LogP contribution in [0.5, 0.6) is 5.75 Å². The van der Waals surface area contributed by atoms with Crippen molar-refractivity contribution in [1.29, 1.82) is 0 Å². The van der Waals surface area contributed by atoms with Crippen LogP contribution in [0.15, 0.2) is 6.20 Å². The Morgan fingerprint density at radius 2 is 2.17 bits per heavy atom. The van der Waals surface area contributed by atoms with E-state index in [2.05, 4.69) is 24.3 Å². The lowest BCUT2D eigenvalue weighted by Gasteiger charge is -2.36. The maximum absolute atomic E-state index is 5.95. The summed E-state index contributed by atoms with van der Waals surface area (Å²) in [6.45, 7) is 6.94. The summed E-state index contributed by atoms with van der Waals surface area (Å²) in [6, 6.07) is 0.0323. The zero-order valence-corrected chi connectivity index (χ0v) is 12.3. The number of nitrogens with zero attached hydrogens (tertiary/aromatic N) is 2. The van der Waals surface area contributed by atoms with E-state index in [0.29, 0.717) is 6.61 Å². The van der Waals surface area contributed by atoms with Crippen molar-refractivity contribution in [3.63, 3.8) is 0 Å². The summed E-state index contributed by atoms with van der Waals surface area (Å²) in [7, 11) is 5.52. The number of hydrogen-bond donors (Lipinski definition) is 1. The molecule has 2 unspecified atom stereocenters. The van der Waals surface area contributed by atoms with Crippen LogP contribution in [0.1, 0.15) is 38.9 Å². The molecule has 0 aromatic carbocycles. The molecule has 5 nitrogen and oxygen atoms in total. The largest absolute Gasteiger partial charge is 0.493 e. The van der Waals surface area contributed by atoms with Gasteiger partial charge in [-0.05, 0) is 27.3 Å². The first-order chi connectivity index (χ1) is 8.53. The molecule has 104 valence electrons. The first-order valence-electron chi connectivity index (χ1n) is 6.41. The lowest BCUT2D eigenvalue weighted by molar-refractivity contribution is -0.0568. The second-order valence-corrected chi connectivity index (χ2v) is 4.54. The summed E-state index contributed by atoms with van der Waals surface area (Å²) in [5, 5.41) is 7.59. The Morgan fingerprint density at radius 1 is 1.50 bits per heavy atom. The first kappa shape index (κ1) is 15.0. The second kappa shape index (κ2) is 6.20. The lowest BCUT2D eigenvalue weighted by atomic mass is 9.90. The van der Waals surface area contributed by atoms with Crippen LogP contribution in [0, 0.1) is 0 Å². The van der Waals surface area contributed by atoms with Gasteiger partial charge in [0, 0.05) is 13.7 Å². The van der Waals surface area contributed by atoms with E-state index in [0.717, 1.165) is 17.9 Å². The third kappa shape index (κ3) is 2.67. The molecular weight excluding hydrogens is 230 g/mol. The van der Waals surface area contributed by atoms with Gasteiger partial charge in [-0.15, -0.1) is 0 Å². The molecule has 0 spiro atoms. The maximum Gasteiger partial charge on any atom is 0.161 e. The number of aryl methyl sites for hydroxylation is 1. The van der Waals surface area contributed by atoms with Crippen LogP contribution in [0.2, 0.25) is 0 Å². The molecule has 0 fully saturated rings. The van der Waals surface area contributed by atoms with Crippen molar-refractivity contribution in [2.24, 2.45) is 7.05 Å². The Morgan fingerprint density at radius 3 is 2.61 bits per heavy atom. The lowest BCUT2D eigenvalue weighted by Crippen LogP contribution is -2.43. The fraction of sp³-hybridized carbons (Fsp3) is 0.769. The Bertz CT molecular complexity index is 378. The number of ether oxygens (including phenoxy) is 2. The fourth-order valence-corrected chi connectivity index (χ4v) is 2.36. The van der Waals surface area contributed by atoms with E-state index >= 15 is 0 Å². The zero-order chi connectivity index (χ0) is 13.8. The highest BCUT2D eigenvalue weighted by atomic mass is 16.5. The molecule has 0 aliphatic carbocycles. The van der Waals surface area contributed by atoms with Gasteiger partial charge in [0.1, 0.15) is 0 Å². The van der Waals surface area contributed by atoms with Gasteiger partial charge >= 0.3 is 0 Å². The zero-order valence-electron chi connectivity index (χ0n) is 12.3. The predicted molar refractivity (Wildman–Crippen MR) is 71.9 cm³/mol. The highest BCUT2D eigenvalue weighted by Crippen LogP contribution is 2.36. The van der Waals surface area contributed by atoms with E-state index in [1.165, 1.54) is 0 Å². The molecule has 0 aliphatic heterocycles. The molecule has 0 saturated heterocycles. The van der Waals surface area contributed by atoms with Gasteiger partial charge in [0.05, 0.1) is 30.6 Å². The minimum Gasteiger partial charge on any atom is -0.493 e. The first-order valence-corrected chi connectivity index (χ1v) is 6.41. The van der Waals surface area contributed by atoms with Crippen LogP contribution >= 0.6 is 0 Å². The normalized spacial score (nSPS) is 16.3. The summed E-state index contributed by atoms with van der Waals surface area (Å²) < 4.78 is 13.2. The maximum atomic E-state index is 5.95. The summed E-state index contributed by atoms with van der Waals surface area (Å²) in [4.78, 5) is 0. The number of aromatic nitrogens is 2. The van der Waals surface area contributed by atoms with Gasteiger partial charge in [-0.25, -0.2) is 0 Å². The number of likely N-dealkylation sites (N-methyl/N-ethyl adjacent to an activating group) is 1. The van der Waals surface area contributed by atoms with Crippen molar-refractivity contribution in [3.05, 3.63) is 11.9 Å². The van der Waals surface area contributed by atoms with Crippen LogP contribution in [0.25, 0.3) is 0 Å².